The van der Waals surface area contributed by atoms with Crippen LogP contribution in [0.1, 0.15) is 46.8 Å². The molecule has 2 fully saturated rings. The van der Waals surface area contributed by atoms with Crippen LogP contribution in [0.2, 0.25) is 0 Å². The molecule has 2 aromatic heterocycles. The van der Waals surface area contributed by atoms with E-state index in [9.17, 15) is 4.79 Å². The van der Waals surface area contributed by atoms with Crippen LogP contribution >= 0.6 is 0 Å². The lowest BCUT2D eigenvalue weighted by Gasteiger charge is -2.37. The highest BCUT2D eigenvalue weighted by atomic mass is 16.2. The average molecular weight is 448 g/mol. The summed E-state index contributed by atoms with van der Waals surface area (Å²) < 4.78 is 0. The lowest BCUT2D eigenvalue weighted by Crippen LogP contribution is -2.39. The predicted molar refractivity (Wildman–Crippen MR) is 126 cm³/mol. The zero-order valence-electron chi connectivity index (χ0n) is 19.3. The third-order valence-electron chi connectivity index (χ3n) is 7.25. The lowest BCUT2D eigenvalue weighted by atomic mass is 9.78. The van der Waals surface area contributed by atoms with E-state index < -0.39 is 0 Å². The fourth-order valence-corrected chi connectivity index (χ4v) is 5.19. The average Bonchev–Trinajstić information content (AvgIpc) is 3.60. The van der Waals surface area contributed by atoms with Gasteiger partial charge in [-0.1, -0.05) is 12.1 Å². The number of H-pyrrole nitrogens is 2. The number of rotatable bonds is 7. The molecule has 2 N–H and O–H groups in total. The molecule has 0 radical (unpaired) electrons. The summed E-state index contributed by atoms with van der Waals surface area (Å²) in [4.78, 5) is 34.8. The standard InChI is InChI=1S/C25H33N7O/c1-30-13-6-25(7-14-30)8-15-31(19-25)16-20-2-4-21(5-3-20)24(33)32(17-22-26-9-10-27-22)18-23-28-11-12-29-23/h2-5,9-12H,6-8,13-19H2,1H3,(H,26,27)(H,28,29). The minimum absolute atomic E-state index is 0.0270. The number of piperidine rings is 1. The summed E-state index contributed by atoms with van der Waals surface area (Å²) in [5.41, 5.74) is 2.46. The highest BCUT2D eigenvalue weighted by Crippen LogP contribution is 2.40. The minimum Gasteiger partial charge on any atom is -0.347 e. The molecule has 0 aliphatic carbocycles. The molecule has 33 heavy (non-hydrogen) atoms. The van der Waals surface area contributed by atoms with Crippen LogP contribution in [-0.4, -0.2) is 73.8 Å². The number of carbonyl (C=O) groups excluding carboxylic acids is 1. The van der Waals surface area contributed by atoms with Gasteiger partial charge in [0.05, 0.1) is 13.1 Å². The zero-order valence-corrected chi connectivity index (χ0v) is 19.3. The number of nitrogens with one attached hydrogen (secondary N) is 2. The SMILES string of the molecule is CN1CCC2(CC1)CCN(Cc1ccc(C(=O)N(Cc3ncc[nH]3)Cc3ncc[nH]3)cc1)C2. The summed E-state index contributed by atoms with van der Waals surface area (Å²) in [5.74, 6) is 1.48. The Bertz CT molecular complexity index is 985. The number of carbonyl (C=O) groups is 1. The van der Waals surface area contributed by atoms with Gasteiger partial charge in [-0.2, -0.15) is 0 Å². The Morgan fingerprint density at radius 2 is 1.58 bits per heavy atom. The zero-order chi connectivity index (χ0) is 22.7. The molecule has 3 aromatic rings. The highest BCUT2D eigenvalue weighted by molar-refractivity contribution is 5.94. The minimum atomic E-state index is -0.0270. The molecule has 1 amide bonds. The van der Waals surface area contributed by atoms with Crippen LogP contribution < -0.4 is 0 Å². The Morgan fingerprint density at radius 3 is 2.15 bits per heavy atom. The van der Waals surface area contributed by atoms with Crippen molar-refractivity contribution in [2.45, 2.75) is 38.9 Å². The summed E-state index contributed by atoms with van der Waals surface area (Å²) in [6, 6.07) is 8.11. The first-order valence-corrected chi connectivity index (χ1v) is 11.8. The van der Waals surface area contributed by atoms with Crippen molar-refractivity contribution in [2.24, 2.45) is 5.41 Å². The van der Waals surface area contributed by atoms with Gasteiger partial charge in [-0.05, 0) is 69.1 Å². The van der Waals surface area contributed by atoms with Gasteiger partial charge >= 0.3 is 0 Å². The summed E-state index contributed by atoms with van der Waals surface area (Å²) in [6.45, 7) is 6.56. The maximum Gasteiger partial charge on any atom is 0.254 e. The van der Waals surface area contributed by atoms with Crippen molar-refractivity contribution < 1.29 is 4.79 Å². The molecule has 174 valence electrons. The molecule has 2 aliphatic rings. The van der Waals surface area contributed by atoms with Crippen molar-refractivity contribution in [1.82, 2.24) is 34.6 Å². The summed E-state index contributed by atoms with van der Waals surface area (Å²) in [5, 5.41) is 0. The van der Waals surface area contributed by atoms with Gasteiger partial charge in [0, 0.05) is 43.4 Å². The van der Waals surface area contributed by atoms with Crippen molar-refractivity contribution in [3.63, 3.8) is 0 Å². The van der Waals surface area contributed by atoms with Crippen LogP contribution in [0.25, 0.3) is 0 Å². The maximum absolute atomic E-state index is 13.3. The predicted octanol–water partition coefficient (Wildman–Crippen LogP) is 2.89. The monoisotopic (exact) mass is 447 g/mol. The van der Waals surface area contributed by atoms with Crippen LogP contribution in [0.4, 0.5) is 0 Å². The van der Waals surface area contributed by atoms with Crippen molar-refractivity contribution in [3.05, 3.63) is 71.8 Å². The largest absolute Gasteiger partial charge is 0.347 e. The first kappa shape index (κ1) is 21.9. The highest BCUT2D eigenvalue weighted by Gasteiger charge is 2.39. The topological polar surface area (TPSA) is 84.2 Å². The Hall–Kier alpha value is -2.97. The molecular formula is C25H33N7O. The van der Waals surface area contributed by atoms with Gasteiger partial charge < -0.3 is 19.8 Å². The number of aromatic amines is 2. The molecule has 1 aromatic carbocycles. The van der Waals surface area contributed by atoms with Crippen LogP contribution in [0, 0.1) is 5.41 Å². The van der Waals surface area contributed by atoms with Gasteiger partial charge in [0.1, 0.15) is 11.6 Å². The second-order valence-corrected chi connectivity index (χ2v) is 9.69. The number of hydrogen-bond acceptors (Lipinski definition) is 5. The van der Waals surface area contributed by atoms with Crippen LogP contribution in [0.15, 0.2) is 49.1 Å². The first-order valence-electron chi connectivity index (χ1n) is 11.8. The Kier molecular flexibility index (Phi) is 6.28. The number of hydrogen-bond donors (Lipinski definition) is 2. The second kappa shape index (κ2) is 9.49. The molecule has 8 heteroatoms. The molecule has 0 saturated carbocycles. The molecule has 4 heterocycles. The van der Waals surface area contributed by atoms with E-state index in [-0.39, 0.29) is 5.91 Å². The third kappa shape index (κ3) is 5.17. The van der Waals surface area contributed by atoms with E-state index in [1.807, 2.05) is 12.1 Å². The summed E-state index contributed by atoms with van der Waals surface area (Å²) in [6.07, 6.45) is 10.9. The molecule has 0 unspecified atom stereocenters. The van der Waals surface area contributed by atoms with Crippen LogP contribution in [0.5, 0.6) is 0 Å². The van der Waals surface area contributed by atoms with Gasteiger partial charge in [-0.15, -0.1) is 0 Å². The molecule has 2 aliphatic heterocycles. The van der Waals surface area contributed by atoms with Crippen LogP contribution in [0.3, 0.4) is 0 Å². The van der Waals surface area contributed by atoms with E-state index in [4.69, 9.17) is 0 Å². The van der Waals surface area contributed by atoms with E-state index in [1.165, 1.54) is 51.0 Å². The number of benzene rings is 1. The van der Waals surface area contributed by atoms with E-state index in [1.54, 1.807) is 29.7 Å². The molecule has 0 bridgehead atoms. The first-order chi connectivity index (χ1) is 16.1. The lowest BCUT2D eigenvalue weighted by molar-refractivity contribution is 0.0721. The third-order valence-corrected chi connectivity index (χ3v) is 7.25. The normalized spacial score (nSPS) is 18.7. The summed E-state index contributed by atoms with van der Waals surface area (Å²) in [7, 11) is 2.23. The maximum atomic E-state index is 13.3. The van der Waals surface area contributed by atoms with Gasteiger partial charge in [-0.25, -0.2) is 9.97 Å². The number of aromatic nitrogens is 4. The summed E-state index contributed by atoms with van der Waals surface area (Å²) >= 11 is 0. The molecule has 0 atom stereocenters. The van der Waals surface area contributed by atoms with E-state index in [2.05, 4.69) is 48.9 Å². The Balaban J connectivity index is 1.22. The van der Waals surface area contributed by atoms with Gasteiger partial charge in [0.2, 0.25) is 0 Å². The van der Waals surface area contributed by atoms with Gasteiger partial charge in [0.25, 0.3) is 5.91 Å². The van der Waals surface area contributed by atoms with Crippen molar-refractivity contribution in [2.75, 3.05) is 33.2 Å². The van der Waals surface area contributed by atoms with E-state index in [0.29, 0.717) is 24.1 Å². The molecule has 8 nitrogen and oxygen atoms in total. The molecular weight excluding hydrogens is 414 g/mol. The Morgan fingerprint density at radius 1 is 0.970 bits per heavy atom. The molecule has 1 spiro atoms. The molecule has 5 rings (SSSR count). The Labute approximate surface area is 195 Å². The van der Waals surface area contributed by atoms with Crippen molar-refractivity contribution >= 4 is 5.91 Å². The number of nitrogens with zero attached hydrogens (tertiary/aromatic N) is 5. The van der Waals surface area contributed by atoms with E-state index in [0.717, 1.165) is 18.2 Å². The van der Waals surface area contributed by atoms with Gasteiger partial charge in [-0.3, -0.25) is 9.69 Å². The van der Waals surface area contributed by atoms with Crippen molar-refractivity contribution in [3.8, 4) is 0 Å². The molecule has 2 saturated heterocycles. The fraction of sp³-hybridized carbons (Fsp3) is 0.480. The quantitative estimate of drug-likeness (QED) is 0.582. The number of amides is 1. The second-order valence-electron chi connectivity index (χ2n) is 9.69. The van der Waals surface area contributed by atoms with Gasteiger partial charge in [0.15, 0.2) is 0 Å². The van der Waals surface area contributed by atoms with Crippen molar-refractivity contribution in [1.29, 1.82) is 0 Å². The fourth-order valence-electron chi connectivity index (χ4n) is 5.19. The number of likely N-dealkylation sites (tertiary alicyclic amines) is 2. The van der Waals surface area contributed by atoms with Crippen LogP contribution in [-0.2, 0) is 19.6 Å². The smallest absolute Gasteiger partial charge is 0.254 e. The number of imidazole rings is 2. The van der Waals surface area contributed by atoms with E-state index >= 15 is 0 Å².